The van der Waals surface area contributed by atoms with Crippen LogP contribution in [0.25, 0.3) is 0 Å². The predicted molar refractivity (Wildman–Crippen MR) is 112 cm³/mol. The maximum absolute atomic E-state index is 12.4. The monoisotopic (exact) mass is 379 g/mol. The Hall–Kier alpha value is -2.37. The van der Waals surface area contributed by atoms with E-state index >= 15 is 0 Å². The number of piperazine rings is 1. The summed E-state index contributed by atoms with van der Waals surface area (Å²) in [7, 11) is 1.69. The van der Waals surface area contributed by atoms with E-state index in [-0.39, 0.29) is 5.91 Å². The first-order chi connectivity index (χ1) is 13.7. The second-order valence-corrected chi connectivity index (χ2v) is 7.79. The molecule has 1 fully saturated rings. The van der Waals surface area contributed by atoms with Crippen molar-refractivity contribution in [3.63, 3.8) is 0 Å². The van der Waals surface area contributed by atoms with Gasteiger partial charge in [-0.2, -0.15) is 0 Å². The molecular formula is C23H29N3O2. The molecule has 1 aliphatic heterocycles. The number of ether oxygens (including phenoxy) is 1. The zero-order chi connectivity index (χ0) is 19.3. The molecule has 1 heterocycles. The summed E-state index contributed by atoms with van der Waals surface area (Å²) in [5.41, 5.74) is 5.06. The Labute approximate surface area is 167 Å². The van der Waals surface area contributed by atoms with Crippen LogP contribution in [0.1, 0.15) is 23.1 Å². The average molecular weight is 380 g/mol. The Morgan fingerprint density at radius 2 is 1.68 bits per heavy atom. The van der Waals surface area contributed by atoms with Crippen LogP contribution in [0.5, 0.6) is 5.75 Å². The number of aryl methyl sites for hydroxylation is 2. The first-order valence-electron chi connectivity index (χ1n) is 10.2. The summed E-state index contributed by atoms with van der Waals surface area (Å²) in [6.07, 6.45) is 3.53. The highest BCUT2D eigenvalue weighted by molar-refractivity contribution is 5.92. The van der Waals surface area contributed by atoms with Gasteiger partial charge in [-0.3, -0.25) is 14.6 Å². The van der Waals surface area contributed by atoms with E-state index in [1.807, 2.05) is 18.2 Å². The highest BCUT2D eigenvalue weighted by atomic mass is 16.5. The van der Waals surface area contributed by atoms with Crippen molar-refractivity contribution in [1.29, 1.82) is 0 Å². The molecule has 0 spiro atoms. The number of methoxy groups -OCH3 is 1. The van der Waals surface area contributed by atoms with Gasteiger partial charge in [0.2, 0.25) is 5.91 Å². The van der Waals surface area contributed by atoms with E-state index in [4.69, 9.17) is 4.74 Å². The lowest BCUT2D eigenvalue weighted by molar-refractivity contribution is -0.117. The molecule has 0 radical (unpaired) electrons. The maximum Gasteiger partial charge on any atom is 0.238 e. The van der Waals surface area contributed by atoms with Crippen LogP contribution in [0.4, 0.5) is 5.69 Å². The molecule has 0 saturated carbocycles. The lowest BCUT2D eigenvalue weighted by atomic mass is 10.1. The van der Waals surface area contributed by atoms with Crippen LogP contribution in [-0.2, 0) is 24.2 Å². The van der Waals surface area contributed by atoms with Crippen molar-refractivity contribution in [2.24, 2.45) is 0 Å². The quantitative estimate of drug-likeness (QED) is 0.838. The van der Waals surface area contributed by atoms with Crippen molar-refractivity contribution >= 4 is 11.6 Å². The zero-order valence-corrected chi connectivity index (χ0v) is 16.6. The number of amides is 1. The fourth-order valence-corrected chi connectivity index (χ4v) is 4.15. The van der Waals surface area contributed by atoms with Gasteiger partial charge in [-0.25, -0.2) is 0 Å². The molecule has 5 heteroatoms. The molecule has 0 atom stereocenters. The number of rotatable bonds is 6. The predicted octanol–water partition coefficient (Wildman–Crippen LogP) is 2.94. The molecule has 148 valence electrons. The lowest BCUT2D eigenvalue weighted by Crippen LogP contribution is -2.48. The molecule has 4 rings (SSSR count). The molecule has 0 bridgehead atoms. The van der Waals surface area contributed by atoms with Crippen LogP contribution in [0.2, 0.25) is 0 Å². The smallest absolute Gasteiger partial charge is 0.238 e. The van der Waals surface area contributed by atoms with Crippen LogP contribution >= 0.6 is 0 Å². The number of hydrogen-bond acceptors (Lipinski definition) is 4. The summed E-state index contributed by atoms with van der Waals surface area (Å²) in [5, 5.41) is 3.07. The van der Waals surface area contributed by atoms with Crippen LogP contribution in [0, 0.1) is 0 Å². The number of hydrogen-bond donors (Lipinski definition) is 1. The van der Waals surface area contributed by atoms with Crippen LogP contribution < -0.4 is 10.1 Å². The van der Waals surface area contributed by atoms with Gasteiger partial charge in [-0.05, 0) is 60.2 Å². The van der Waals surface area contributed by atoms with Gasteiger partial charge in [0.05, 0.1) is 13.7 Å². The molecule has 1 saturated heterocycles. The van der Waals surface area contributed by atoms with E-state index in [0.717, 1.165) is 50.6 Å². The van der Waals surface area contributed by atoms with E-state index in [1.54, 1.807) is 7.11 Å². The number of benzene rings is 2. The Bertz CT molecular complexity index is 811. The second kappa shape index (κ2) is 8.76. The largest absolute Gasteiger partial charge is 0.497 e. The van der Waals surface area contributed by atoms with Gasteiger partial charge in [-0.1, -0.05) is 18.2 Å². The molecule has 28 heavy (non-hydrogen) atoms. The molecule has 1 N–H and O–H groups in total. The highest BCUT2D eigenvalue weighted by Crippen LogP contribution is 2.24. The van der Waals surface area contributed by atoms with Crippen molar-refractivity contribution in [2.75, 3.05) is 45.2 Å². The molecule has 0 unspecified atom stereocenters. The third kappa shape index (κ3) is 4.72. The fourth-order valence-electron chi connectivity index (χ4n) is 4.15. The van der Waals surface area contributed by atoms with Crippen LogP contribution in [0.15, 0.2) is 42.5 Å². The minimum atomic E-state index is 0.0848. The summed E-state index contributed by atoms with van der Waals surface area (Å²) in [5.74, 6) is 0.976. The molecule has 2 aliphatic rings. The molecule has 1 aliphatic carbocycles. The van der Waals surface area contributed by atoms with E-state index in [0.29, 0.717) is 6.54 Å². The van der Waals surface area contributed by atoms with Gasteiger partial charge in [0.15, 0.2) is 0 Å². The van der Waals surface area contributed by atoms with Gasteiger partial charge in [0.1, 0.15) is 5.75 Å². The summed E-state index contributed by atoms with van der Waals surface area (Å²) >= 11 is 0. The summed E-state index contributed by atoms with van der Waals surface area (Å²) in [6.45, 7) is 5.23. The number of carbonyl (C=O) groups is 1. The molecule has 5 nitrogen and oxygen atoms in total. The number of anilines is 1. The first-order valence-corrected chi connectivity index (χ1v) is 10.2. The summed E-state index contributed by atoms with van der Waals surface area (Å²) in [6, 6.07) is 14.6. The number of nitrogens with zero attached hydrogens (tertiary/aromatic N) is 2. The van der Waals surface area contributed by atoms with Gasteiger partial charge < -0.3 is 10.1 Å². The second-order valence-electron chi connectivity index (χ2n) is 7.79. The zero-order valence-electron chi connectivity index (χ0n) is 16.6. The third-order valence-electron chi connectivity index (χ3n) is 5.78. The minimum absolute atomic E-state index is 0.0848. The number of nitrogens with one attached hydrogen (secondary N) is 1. The van der Waals surface area contributed by atoms with Gasteiger partial charge >= 0.3 is 0 Å². The molecule has 2 aromatic rings. The highest BCUT2D eigenvalue weighted by Gasteiger charge is 2.19. The molecule has 2 aromatic carbocycles. The van der Waals surface area contributed by atoms with Crippen molar-refractivity contribution < 1.29 is 9.53 Å². The van der Waals surface area contributed by atoms with Crippen molar-refractivity contribution in [3.05, 3.63) is 59.2 Å². The SMILES string of the molecule is COc1ccc(CN2CCN(CC(=O)Nc3ccc4c(c3)CCC4)CC2)cc1. The average Bonchev–Trinajstić information content (AvgIpc) is 3.18. The van der Waals surface area contributed by atoms with Gasteiger partial charge in [0, 0.05) is 38.4 Å². The molecular weight excluding hydrogens is 350 g/mol. The van der Waals surface area contributed by atoms with Gasteiger partial charge in [0.25, 0.3) is 0 Å². The maximum atomic E-state index is 12.4. The van der Waals surface area contributed by atoms with E-state index < -0.39 is 0 Å². The lowest BCUT2D eigenvalue weighted by Gasteiger charge is -2.34. The van der Waals surface area contributed by atoms with Crippen molar-refractivity contribution in [2.45, 2.75) is 25.8 Å². The molecule has 1 amide bonds. The summed E-state index contributed by atoms with van der Waals surface area (Å²) < 4.78 is 5.22. The third-order valence-corrected chi connectivity index (χ3v) is 5.78. The Morgan fingerprint density at radius 3 is 2.43 bits per heavy atom. The Balaban J connectivity index is 1.22. The van der Waals surface area contributed by atoms with Crippen molar-refractivity contribution in [1.82, 2.24) is 9.80 Å². The van der Waals surface area contributed by atoms with Gasteiger partial charge in [-0.15, -0.1) is 0 Å². The summed E-state index contributed by atoms with van der Waals surface area (Å²) in [4.78, 5) is 17.1. The van der Waals surface area contributed by atoms with Crippen molar-refractivity contribution in [3.8, 4) is 5.75 Å². The number of carbonyl (C=O) groups excluding carboxylic acids is 1. The van der Waals surface area contributed by atoms with E-state index in [1.165, 1.54) is 29.5 Å². The molecule has 0 aromatic heterocycles. The van der Waals surface area contributed by atoms with E-state index in [2.05, 4.69) is 39.4 Å². The van der Waals surface area contributed by atoms with Crippen LogP contribution in [0.3, 0.4) is 0 Å². The first kappa shape index (κ1) is 19.0. The standard InChI is InChI=1S/C23H29N3O2/c1-28-22-9-5-18(6-10-22)16-25-11-13-26(14-12-25)17-23(27)24-21-8-7-19-3-2-4-20(19)15-21/h5-10,15H,2-4,11-14,16-17H2,1H3,(H,24,27). The Morgan fingerprint density at radius 1 is 0.964 bits per heavy atom. The topological polar surface area (TPSA) is 44.8 Å². The number of fused-ring (bicyclic) bond motifs is 1. The van der Waals surface area contributed by atoms with Crippen LogP contribution in [-0.4, -0.2) is 55.5 Å². The van der Waals surface area contributed by atoms with E-state index in [9.17, 15) is 4.79 Å². The normalized spacial score (nSPS) is 17.3. The Kier molecular flexibility index (Phi) is 5.93. The fraction of sp³-hybridized carbons (Fsp3) is 0.435. The minimum Gasteiger partial charge on any atom is -0.497 e.